The number of benzene rings is 1. The summed E-state index contributed by atoms with van der Waals surface area (Å²) >= 11 is 0. The molecule has 0 atom stereocenters. The number of rotatable bonds is 3. The summed E-state index contributed by atoms with van der Waals surface area (Å²) in [6.45, 7) is 0. The van der Waals surface area contributed by atoms with Gasteiger partial charge in [-0.3, -0.25) is 0 Å². The van der Waals surface area contributed by atoms with E-state index < -0.39 is 5.97 Å². The van der Waals surface area contributed by atoms with Crippen LogP contribution in [0.25, 0.3) is 0 Å². The molecule has 0 saturated carbocycles. The van der Waals surface area contributed by atoms with Gasteiger partial charge in [-0.15, -0.1) is 0 Å². The predicted octanol–water partition coefficient (Wildman–Crippen LogP) is 1.58. The molecule has 1 rings (SSSR count). The molecule has 0 aliphatic rings. The molecule has 0 saturated heterocycles. The molecule has 1 aromatic rings. The van der Waals surface area contributed by atoms with E-state index in [-0.39, 0.29) is 6.03 Å². The first-order chi connectivity index (χ1) is 8.49. The van der Waals surface area contributed by atoms with Crippen molar-refractivity contribution in [2.45, 2.75) is 0 Å². The zero-order valence-corrected chi connectivity index (χ0v) is 10.8. The van der Waals surface area contributed by atoms with Gasteiger partial charge >= 0.3 is 12.0 Å². The fourth-order valence-corrected chi connectivity index (χ4v) is 1.28. The lowest BCUT2D eigenvalue weighted by atomic mass is 10.2. The largest absolute Gasteiger partial charge is 0.496 e. The number of amides is 2. The van der Waals surface area contributed by atoms with Crippen LogP contribution in [-0.4, -0.2) is 45.2 Å². The number of nitrogens with zero attached hydrogens (tertiary/aromatic N) is 1. The Bertz CT molecular complexity index is 457. The molecule has 0 heterocycles. The second kappa shape index (κ2) is 5.90. The molecule has 0 aliphatic heterocycles. The van der Waals surface area contributed by atoms with Crippen LogP contribution in [0.5, 0.6) is 5.75 Å². The van der Waals surface area contributed by atoms with Gasteiger partial charge in [0.2, 0.25) is 0 Å². The third-order valence-electron chi connectivity index (χ3n) is 2.26. The highest BCUT2D eigenvalue weighted by atomic mass is 16.5. The standard InChI is InChI=1S/C12H16N2O4/c1-14(2)12(16)13-8-5-6-9(11(15)18-4)10(7-8)17-3/h5-7H,1-4H3,(H,13,16). The van der Waals surface area contributed by atoms with Crippen molar-refractivity contribution in [1.82, 2.24) is 4.90 Å². The summed E-state index contributed by atoms with van der Waals surface area (Å²) in [6, 6.07) is 4.45. The van der Waals surface area contributed by atoms with Gasteiger partial charge in [0.25, 0.3) is 0 Å². The zero-order chi connectivity index (χ0) is 13.7. The number of ether oxygens (including phenoxy) is 2. The molecule has 98 valence electrons. The van der Waals surface area contributed by atoms with Gasteiger partial charge in [-0.25, -0.2) is 9.59 Å². The van der Waals surface area contributed by atoms with Gasteiger partial charge in [-0.05, 0) is 12.1 Å². The average molecular weight is 252 g/mol. The molecule has 0 unspecified atom stereocenters. The number of carbonyl (C=O) groups excluding carboxylic acids is 2. The van der Waals surface area contributed by atoms with E-state index in [0.717, 1.165) is 0 Å². The van der Waals surface area contributed by atoms with Crippen molar-refractivity contribution >= 4 is 17.7 Å². The Kier molecular flexibility index (Phi) is 4.53. The minimum atomic E-state index is -0.489. The number of esters is 1. The van der Waals surface area contributed by atoms with Crippen molar-refractivity contribution in [3.63, 3.8) is 0 Å². The molecule has 1 N–H and O–H groups in total. The van der Waals surface area contributed by atoms with Crippen LogP contribution in [0.2, 0.25) is 0 Å². The van der Waals surface area contributed by atoms with E-state index in [1.165, 1.54) is 25.2 Å². The first kappa shape index (κ1) is 13.8. The molecule has 2 amide bonds. The quantitative estimate of drug-likeness (QED) is 0.829. The highest BCUT2D eigenvalue weighted by Gasteiger charge is 2.14. The van der Waals surface area contributed by atoms with Crippen LogP contribution >= 0.6 is 0 Å². The van der Waals surface area contributed by atoms with Gasteiger partial charge in [0.1, 0.15) is 11.3 Å². The number of methoxy groups -OCH3 is 2. The summed E-state index contributed by atoms with van der Waals surface area (Å²) < 4.78 is 9.71. The van der Waals surface area contributed by atoms with Crippen molar-refractivity contribution in [2.75, 3.05) is 33.6 Å². The highest BCUT2D eigenvalue weighted by molar-refractivity contribution is 5.95. The number of urea groups is 1. The van der Waals surface area contributed by atoms with Crippen LogP contribution in [0.3, 0.4) is 0 Å². The monoisotopic (exact) mass is 252 g/mol. The number of carbonyl (C=O) groups is 2. The Labute approximate surface area is 105 Å². The maximum atomic E-state index is 11.5. The molecule has 0 bridgehead atoms. The van der Waals surface area contributed by atoms with E-state index in [0.29, 0.717) is 17.0 Å². The van der Waals surface area contributed by atoms with Crippen LogP contribution < -0.4 is 10.1 Å². The average Bonchev–Trinajstić information content (AvgIpc) is 2.37. The number of hydrogen-bond donors (Lipinski definition) is 1. The van der Waals surface area contributed by atoms with Gasteiger partial charge in [0.05, 0.1) is 14.2 Å². The first-order valence-corrected chi connectivity index (χ1v) is 5.24. The Balaban J connectivity index is 2.99. The zero-order valence-electron chi connectivity index (χ0n) is 10.8. The molecule has 0 aliphatic carbocycles. The summed E-state index contributed by atoms with van der Waals surface area (Å²) in [6.07, 6.45) is 0. The molecule has 0 fully saturated rings. The van der Waals surface area contributed by atoms with E-state index in [1.54, 1.807) is 26.2 Å². The Morgan fingerprint density at radius 2 is 1.89 bits per heavy atom. The van der Waals surface area contributed by atoms with E-state index >= 15 is 0 Å². The van der Waals surface area contributed by atoms with Crippen molar-refractivity contribution in [3.05, 3.63) is 23.8 Å². The molecule has 18 heavy (non-hydrogen) atoms. The van der Waals surface area contributed by atoms with Gasteiger partial charge in [0, 0.05) is 25.8 Å². The Morgan fingerprint density at radius 3 is 2.39 bits per heavy atom. The van der Waals surface area contributed by atoms with Gasteiger partial charge < -0.3 is 19.7 Å². The summed E-state index contributed by atoms with van der Waals surface area (Å²) in [5.74, 6) is -0.143. The van der Waals surface area contributed by atoms with E-state index in [2.05, 4.69) is 10.1 Å². The summed E-state index contributed by atoms with van der Waals surface area (Å²) in [4.78, 5) is 24.3. The summed E-state index contributed by atoms with van der Waals surface area (Å²) in [7, 11) is 6.01. The van der Waals surface area contributed by atoms with Crippen LogP contribution in [0, 0.1) is 0 Å². The fourth-order valence-electron chi connectivity index (χ4n) is 1.28. The highest BCUT2D eigenvalue weighted by Crippen LogP contribution is 2.23. The maximum absolute atomic E-state index is 11.5. The number of hydrogen-bond acceptors (Lipinski definition) is 4. The molecule has 6 heteroatoms. The second-order valence-corrected chi connectivity index (χ2v) is 3.73. The second-order valence-electron chi connectivity index (χ2n) is 3.73. The summed E-state index contributed by atoms with van der Waals surface area (Å²) in [5, 5.41) is 2.66. The van der Waals surface area contributed by atoms with Gasteiger partial charge in [-0.2, -0.15) is 0 Å². The van der Waals surface area contributed by atoms with Crippen LogP contribution in [0.1, 0.15) is 10.4 Å². The maximum Gasteiger partial charge on any atom is 0.341 e. The topological polar surface area (TPSA) is 67.9 Å². The molecular weight excluding hydrogens is 236 g/mol. The molecule has 0 spiro atoms. The lowest BCUT2D eigenvalue weighted by Crippen LogP contribution is -2.27. The predicted molar refractivity (Wildman–Crippen MR) is 67.0 cm³/mol. The number of anilines is 1. The van der Waals surface area contributed by atoms with Gasteiger partial charge in [0.15, 0.2) is 0 Å². The smallest absolute Gasteiger partial charge is 0.341 e. The normalized spacial score (nSPS) is 9.56. The Morgan fingerprint density at radius 1 is 1.22 bits per heavy atom. The third kappa shape index (κ3) is 3.13. The molecule has 0 aromatic heterocycles. The molecule has 6 nitrogen and oxygen atoms in total. The first-order valence-electron chi connectivity index (χ1n) is 5.24. The third-order valence-corrected chi connectivity index (χ3v) is 2.26. The van der Waals surface area contributed by atoms with Crippen molar-refractivity contribution in [2.24, 2.45) is 0 Å². The lowest BCUT2D eigenvalue weighted by Gasteiger charge is -2.13. The minimum absolute atomic E-state index is 0.261. The summed E-state index contributed by atoms with van der Waals surface area (Å²) in [5.41, 5.74) is 0.848. The van der Waals surface area contributed by atoms with Crippen LogP contribution in [0.15, 0.2) is 18.2 Å². The fraction of sp³-hybridized carbons (Fsp3) is 0.333. The van der Waals surface area contributed by atoms with Crippen molar-refractivity contribution in [1.29, 1.82) is 0 Å². The van der Waals surface area contributed by atoms with Crippen molar-refractivity contribution < 1.29 is 19.1 Å². The van der Waals surface area contributed by atoms with E-state index in [4.69, 9.17) is 4.74 Å². The van der Waals surface area contributed by atoms with Gasteiger partial charge in [-0.1, -0.05) is 0 Å². The molecular formula is C12H16N2O4. The minimum Gasteiger partial charge on any atom is -0.496 e. The number of nitrogens with one attached hydrogen (secondary N) is 1. The SMILES string of the molecule is COC(=O)c1ccc(NC(=O)N(C)C)cc1OC. The van der Waals surface area contributed by atoms with Crippen LogP contribution in [-0.2, 0) is 4.74 Å². The lowest BCUT2D eigenvalue weighted by molar-refractivity contribution is 0.0597. The van der Waals surface area contributed by atoms with E-state index in [1.807, 2.05) is 0 Å². The molecule has 0 radical (unpaired) electrons. The van der Waals surface area contributed by atoms with E-state index in [9.17, 15) is 9.59 Å². The molecule has 1 aromatic carbocycles. The Hall–Kier alpha value is -2.24. The van der Waals surface area contributed by atoms with Crippen LogP contribution in [0.4, 0.5) is 10.5 Å². The van der Waals surface area contributed by atoms with Crippen molar-refractivity contribution in [3.8, 4) is 5.75 Å².